The van der Waals surface area contributed by atoms with Gasteiger partial charge in [-0.05, 0) is 60.1 Å². The maximum absolute atomic E-state index is 12.8. The summed E-state index contributed by atoms with van der Waals surface area (Å²) >= 11 is 0. The topological polar surface area (TPSA) is 59.2 Å². The molecule has 2 atom stereocenters. The van der Waals surface area contributed by atoms with Gasteiger partial charge in [0.2, 0.25) is 5.91 Å². The van der Waals surface area contributed by atoms with E-state index in [-0.39, 0.29) is 12.0 Å². The van der Waals surface area contributed by atoms with Crippen LogP contribution in [0.2, 0.25) is 0 Å². The molecular formula is C20H23N3O. The average Bonchev–Trinajstić information content (AvgIpc) is 3.07. The van der Waals surface area contributed by atoms with Crippen LogP contribution in [0.25, 0.3) is 11.1 Å². The second-order valence-corrected chi connectivity index (χ2v) is 7.01. The summed E-state index contributed by atoms with van der Waals surface area (Å²) in [6, 6.07) is 10.8. The number of nitrogens with zero attached hydrogens (tertiary/aromatic N) is 2. The van der Waals surface area contributed by atoms with Crippen LogP contribution in [0.3, 0.4) is 0 Å². The van der Waals surface area contributed by atoms with Crippen LogP contribution in [0.15, 0.2) is 42.7 Å². The molecule has 4 nitrogen and oxygen atoms in total. The smallest absolute Gasteiger partial charge is 0.226 e. The zero-order chi connectivity index (χ0) is 16.5. The fraction of sp³-hybridized carbons (Fsp3) is 0.400. The molecule has 124 valence electrons. The van der Waals surface area contributed by atoms with Crippen molar-refractivity contribution in [2.24, 2.45) is 11.7 Å². The second kappa shape index (κ2) is 6.36. The summed E-state index contributed by atoms with van der Waals surface area (Å²) in [6.07, 6.45) is 7.37. The quantitative estimate of drug-likeness (QED) is 0.925. The number of benzene rings is 1. The number of fused-ring (bicyclic) bond motifs is 1. The van der Waals surface area contributed by atoms with Crippen molar-refractivity contribution in [2.75, 3.05) is 6.54 Å². The van der Waals surface area contributed by atoms with E-state index in [4.69, 9.17) is 5.73 Å². The van der Waals surface area contributed by atoms with Gasteiger partial charge in [-0.2, -0.15) is 0 Å². The summed E-state index contributed by atoms with van der Waals surface area (Å²) < 4.78 is 0. The monoisotopic (exact) mass is 321 g/mol. The predicted octanol–water partition coefficient (Wildman–Crippen LogP) is 2.76. The Morgan fingerprint density at radius 3 is 2.83 bits per heavy atom. The number of carbonyl (C=O) groups is 1. The molecule has 1 aliphatic carbocycles. The number of aromatic nitrogens is 1. The molecular weight excluding hydrogens is 298 g/mol. The third-order valence-corrected chi connectivity index (χ3v) is 5.35. The van der Waals surface area contributed by atoms with Gasteiger partial charge in [0, 0.05) is 37.4 Å². The molecule has 1 aliphatic heterocycles. The van der Waals surface area contributed by atoms with E-state index in [1.54, 1.807) is 6.20 Å². The van der Waals surface area contributed by atoms with E-state index in [0.717, 1.165) is 37.8 Å². The number of hydrogen-bond donors (Lipinski definition) is 1. The van der Waals surface area contributed by atoms with Crippen molar-refractivity contribution in [2.45, 2.75) is 38.3 Å². The SMILES string of the molecule is N[C@@H]1CC[C@H](C(=O)N2CCc3ccc(-c4cccnc4)cc3C2)C1. The molecule has 0 saturated heterocycles. The van der Waals surface area contributed by atoms with Gasteiger partial charge in [0.15, 0.2) is 0 Å². The fourth-order valence-electron chi connectivity index (χ4n) is 3.96. The lowest BCUT2D eigenvalue weighted by Gasteiger charge is -2.31. The van der Waals surface area contributed by atoms with Gasteiger partial charge in [-0.3, -0.25) is 9.78 Å². The summed E-state index contributed by atoms with van der Waals surface area (Å²) in [5, 5.41) is 0. The number of hydrogen-bond acceptors (Lipinski definition) is 3. The molecule has 24 heavy (non-hydrogen) atoms. The Kier molecular flexibility index (Phi) is 4.07. The Morgan fingerprint density at radius 2 is 2.08 bits per heavy atom. The lowest BCUT2D eigenvalue weighted by Crippen LogP contribution is -2.39. The second-order valence-electron chi connectivity index (χ2n) is 7.01. The largest absolute Gasteiger partial charge is 0.338 e. The maximum Gasteiger partial charge on any atom is 0.226 e. The van der Waals surface area contributed by atoms with Crippen LogP contribution in [-0.4, -0.2) is 28.4 Å². The standard InChI is InChI=1S/C20H23N3O/c21-19-6-5-16(11-19)20(24)23-9-7-14-3-4-15(10-18(14)13-23)17-2-1-8-22-12-17/h1-4,8,10,12,16,19H,5-7,9,11,13,21H2/t16-,19+/m0/s1. The summed E-state index contributed by atoms with van der Waals surface area (Å²) in [5.74, 6) is 0.420. The van der Waals surface area contributed by atoms with Crippen LogP contribution in [-0.2, 0) is 17.8 Å². The highest BCUT2D eigenvalue weighted by Crippen LogP contribution is 2.30. The number of amides is 1. The third kappa shape index (κ3) is 2.94. The van der Waals surface area contributed by atoms with Crippen LogP contribution < -0.4 is 5.73 Å². The molecule has 2 heterocycles. The molecule has 4 heteroatoms. The maximum atomic E-state index is 12.8. The summed E-state index contributed by atoms with van der Waals surface area (Å²) in [5.41, 5.74) is 10.9. The molecule has 1 amide bonds. The highest BCUT2D eigenvalue weighted by Gasteiger charge is 2.32. The zero-order valence-corrected chi connectivity index (χ0v) is 13.8. The Morgan fingerprint density at radius 1 is 1.17 bits per heavy atom. The van der Waals surface area contributed by atoms with Crippen molar-refractivity contribution >= 4 is 5.91 Å². The van der Waals surface area contributed by atoms with E-state index >= 15 is 0 Å². The lowest BCUT2D eigenvalue weighted by molar-refractivity contribution is -0.136. The molecule has 2 aliphatic rings. The Hall–Kier alpha value is -2.20. The van der Waals surface area contributed by atoms with Crippen molar-refractivity contribution in [3.05, 3.63) is 53.9 Å². The van der Waals surface area contributed by atoms with E-state index in [9.17, 15) is 4.79 Å². The van der Waals surface area contributed by atoms with Gasteiger partial charge in [-0.25, -0.2) is 0 Å². The fourth-order valence-corrected chi connectivity index (χ4v) is 3.96. The van der Waals surface area contributed by atoms with Gasteiger partial charge in [0.25, 0.3) is 0 Å². The van der Waals surface area contributed by atoms with Crippen LogP contribution in [0.5, 0.6) is 0 Å². The minimum absolute atomic E-state index is 0.128. The highest BCUT2D eigenvalue weighted by molar-refractivity contribution is 5.79. The van der Waals surface area contributed by atoms with Crippen molar-refractivity contribution in [3.8, 4) is 11.1 Å². The lowest BCUT2D eigenvalue weighted by atomic mass is 9.94. The van der Waals surface area contributed by atoms with Crippen LogP contribution >= 0.6 is 0 Å². The molecule has 1 aromatic heterocycles. The normalized spacial score (nSPS) is 23.1. The van der Waals surface area contributed by atoms with E-state index in [2.05, 4.69) is 29.2 Å². The Balaban J connectivity index is 1.54. The molecule has 0 spiro atoms. The molecule has 1 fully saturated rings. The minimum Gasteiger partial charge on any atom is -0.338 e. The Labute approximate surface area is 142 Å². The van der Waals surface area contributed by atoms with Gasteiger partial charge < -0.3 is 10.6 Å². The van der Waals surface area contributed by atoms with Crippen molar-refractivity contribution in [1.29, 1.82) is 0 Å². The van der Waals surface area contributed by atoms with Gasteiger partial charge in [0.1, 0.15) is 0 Å². The van der Waals surface area contributed by atoms with E-state index < -0.39 is 0 Å². The molecule has 0 radical (unpaired) electrons. The first-order valence-electron chi connectivity index (χ1n) is 8.77. The molecule has 0 unspecified atom stereocenters. The first-order valence-corrected chi connectivity index (χ1v) is 8.77. The van der Waals surface area contributed by atoms with E-state index in [1.807, 2.05) is 17.2 Å². The summed E-state index contributed by atoms with van der Waals surface area (Å²) in [4.78, 5) is 19.0. The van der Waals surface area contributed by atoms with Gasteiger partial charge in [0.05, 0.1) is 0 Å². The first-order chi connectivity index (χ1) is 11.7. The van der Waals surface area contributed by atoms with Crippen LogP contribution in [0.1, 0.15) is 30.4 Å². The molecule has 1 saturated carbocycles. The molecule has 0 bridgehead atoms. The zero-order valence-electron chi connectivity index (χ0n) is 13.8. The first kappa shape index (κ1) is 15.3. The number of carbonyl (C=O) groups excluding carboxylic acids is 1. The van der Waals surface area contributed by atoms with Crippen LogP contribution in [0.4, 0.5) is 0 Å². The van der Waals surface area contributed by atoms with E-state index in [1.165, 1.54) is 16.7 Å². The third-order valence-electron chi connectivity index (χ3n) is 5.35. The number of nitrogens with two attached hydrogens (primary N) is 1. The average molecular weight is 321 g/mol. The van der Waals surface area contributed by atoms with Gasteiger partial charge in [-0.15, -0.1) is 0 Å². The summed E-state index contributed by atoms with van der Waals surface area (Å²) in [6.45, 7) is 1.54. The molecule has 2 N–H and O–H groups in total. The number of rotatable bonds is 2. The molecule has 2 aromatic rings. The molecule has 4 rings (SSSR count). The highest BCUT2D eigenvalue weighted by atomic mass is 16.2. The minimum atomic E-state index is 0.128. The number of pyridine rings is 1. The van der Waals surface area contributed by atoms with Crippen molar-refractivity contribution < 1.29 is 4.79 Å². The van der Waals surface area contributed by atoms with Crippen molar-refractivity contribution in [1.82, 2.24) is 9.88 Å². The van der Waals surface area contributed by atoms with Gasteiger partial charge >= 0.3 is 0 Å². The predicted molar refractivity (Wildman–Crippen MR) is 94.1 cm³/mol. The summed E-state index contributed by atoms with van der Waals surface area (Å²) in [7, 11) is 0. The molecule has 1 aromatic carbocycles. The van der Waals surface area contributed by atoms with Gasteiger partial charge in [-0.1, -0.05) is 18.2 Å². The van der Waals surface area contributed by atoms with E-state index in [0.29, 0.717) is 12.5 Å². The van der Waals surface area contributed by atoms with Crippen LogP contribution in [0, 0.1) is 5.92 Å². The Bertz CT molecular complexity index is 744. The van der Waals surface area contributed by atoms with Crippen molar-refractivity contribution in [3.63, 3.8) is 0 Å².